The van der Waals surface area contributed by atoms with Crippen LogP contribution in [0.25, 0.3) is 5.69 Å². The number of halogens is 1. The number of nitrogens with zero attached hydrogens (tertiary/aromatic N) is 3. The van der Waals surface area contributed by atoms with E-state index in [1.807, 2.05) is 24.4 Å². The molecule has 2 atom stereocenters. The van der Waals surface area contributed by atoms with Crippen molar-refractivity contribution in [2.24, 2.45) is 0 Å². The maximum absolute atomic E-state index is 12.8. The van der Waals surface area contributed by atoms with Crippen LogP contribution in [-0.4, -0.2) is 51.0 Å². The van der Waals surface area contributed by atoms with Crippen LogP contribution < -0.4 is 4.74 Å². The smallest absolute Gasteiger partial charge is 0.253 e. The normalized spacial score (nSPS) is 19.4. The van der Waals surface area contributed by atoms with Gasteiger partial charge in [0.1, 0.15) is 18.0 Å². The molecule has 0 aliphatic carbocycles. The Kier molecular flexibility index (Phi) is 5.32. The first-order valence-corrected chi connectivity index (χ1v) is 9.47. The highest BCUT2D eigenvalue weighted by atomic mass is 35.5. The topological polar surface area (TPSA) is 67.6 Å². The number of piperidine rings is 1. The van der Waals surface area contributed by atoms with E-state index in [-0.39, 0.29) is 18.6 Å². The molecule has 3 aromatic rings. The quantitative estimate of drug-likeness (QED) is 0.734. The third kappa shape index (κ3) is 4.03. The molecule has 0 bridgehead atoms. The van der Waals surface area contributed by atoms with E-state index in [2.05, 4.69) is 5.10 Å². The molecule has 7 heteroatoms. The van der Waals surface area contributed by atoms with E-state index >= 15 is 0 Å². The summed E-state index contributed by atoms with van der Waals surface area (Å²) in [7, 11) is 0. The zero-order valence-electron chi connectivity index (χ0n) is 15.1. The van der Waals surface area contributed by atoms with Crippen LogP contribution in [0.5, 0.6) is 5.75 Å². The highest BCUT2D eigenvalue weighted by Gasteiger charge is 2.32. The first kappa shape index (κ1) is 18.5. The number of aliphatic hydroxyl groups excluding tert-OH is 1. The summed E-state index contributed by atoms with van der Waals surface area (Å²) in [5.41, 5.74) is 1.47. The number of hydrogen-bond donors (Lipinski definition) is 1. The van der Waals surface area contributed by atoms with E-state index < -0.39 is 6.10 Å². The van der Waals surface area contributed by atoms with Crippen molar-refractivity contribution in [2.75, 3.05) is 13.1 Å². The van der Waals surface area contributed by atoms with Crippen LogP contribution in [0.2, 0.25) is 5.02 Å². The van der Waals surface area contributed by atoms with Crippen molar-refractivity contribution in [3.05, 3.63) is 77.6 Å². The maximum atomic E-state index is 12.8. The van der Waals surface area contributed by atoms with E-state index in [1.165, 1.54) is 0 Å². The van der Waals surface area contributed by atoms with Crippen molar-refractivity contribution in [1.29, 1.82) is 0 Å². The standard InChI is InChI=1S/C21H20ClN3O3/c22-16-4-8-18(9-5-16)28-20-10-13-24(14-19(20)26)21(27)15-2-6-17(7-3-15)25-12-1-11-23-25/h1-9,11-12,19-20,26H,10,13-14H2/t19-,20-/m1/s1. The van der Waals surface area contributed by atoms with Gasteiger partial charge in [0.05, 0.1) is 12.2 Å². The molecular weight excluding hydrogens is 378 g/mol. The molecule has 0 unspecified atom stereocenters. The minimum absolute atomic E-state index is 0.101. The Balaban J connectivity index is 1.38. The molecule has 0 saturated carbocycles. The van der Waals surface area contributed by atoms with E-state index in [0.717, 1.165) is 5.69 Å². The summed E-state index contributed by atoms with van der Waals surface area (Å²) in [6, 6.07) is 16.1. The fourth-order valence-electron chi connectivity index (χ4n) is 3.28. The number of amides is 1. The molecule has 0 spiro atoms. The minimum Gasteiger partial charge on any atom is -0.488 e. The number of likely N-dealkylation sites (tertiary alicyclic amines) is 1. The molecule has 1 aliphatic heterocycles. The number of ether oxygens (including phenoxy) is 1. The fraction of sp³-hybridized carbons (Fsp3) is 0.238. The first-order chi connectivity index (χ1) is 13.6. The van der Waals surface area contributed by atoms with Crippen molar-refractivity contribution in [2.45, 2.75) is 18.6 Å². The number of rotatable bonds is 4. The van der Waals surface area contributed by atoms with Crippen LogP contribution in [0.4, 0.5) is 0 Å². The van der Waals surface area contributed by atoms with E-state index in [4.69, 9.17) is 16.3 Å². The van der Waals surface area contributed by atoms with Gasteiger partial charge in [0, 0.05) is 35.9 Å². The Morgan fingerprint density at radius 3 is 2.54 bits per heavy atom. The first-order valence-electron chi connectivity index (χ1n) is 9.10. The number of aliphatic hydroxyl groups is 1. The van der Waals surface area contributed by atoms with Gasteiger partial charge in [0.25, 0.3) is 5.91 Å². The lowest BCUT2D eigenvalue weighted by Crippen LogP contribution is -2.51. The van der Waals surface area contributed by atoms with Gasteiger partial charge in [-0.25, -0.2) is 4.68 Å². The van der Waals surface area contributed by atoms with Gasteiger partial charge in [-0.15, -0.1) is 0 Å². The van der Waals surface area contributed by atoms with Gasteiger partial charge in [-0.05, 0) is 54.6 Å². The summed E-state index contributed by atoms with van der Waals surface area (Å²) in [6.07, 6.45) is 3.00. The maximum Gasteiger partial charge on any atom is 0.253 e. The van der Waals surface area contributed by atoms with E-state index in [1.54, 1.807) is 52.2 Å². The second kappa shape index (κ2) is 8.04. The van der Waals surface area contributed by atoms with Crippen molar-refractivity contribution in [3.8, 4) is 11.4 Å². The summed E-state index contributed by atoms with van der Waals surface area (Å²) in [5, 5.41) is 15.3. The van der Waals surface area contributed by atoms with E-state index in [9.17, 15) is 9.90 Å². The third-order valence-electron chi connectivity index (χ3n) is 4.79. The molecule has 28 heavy (non-hydrogen) atoms. The average molecular weight is 398 g/mol. The highest BCUT2D eigenvalue weighted by Crippen LogP contribution is 2.22. The molecule has 2 aromatic carbocycles. The molecule has 6 nitrogen and oxygen atoms in total. The Morgan fingerprint density at radius 2 is 1.89 bits per heavy atom. The number of carbonyl (C=O) groups excluding carboxylic acids is 1. The number of aromatic nitrogens is 2. The molecule has 1 N–H and O–H groups in total. The number of carbonyl (C=O) groups is 1. The van der Waals surface area contributed by atoms with Gasteiger partial charge >= 0.3 is 0 Å². The fourth-order valence-corrected chi connectivity index (χ4v) is 3.41. The SMILES string of the molecule is O=C(c1ccc(-n2cccn2)cc1)N1CC[C@@H](Oc2ccc(Cl)cc2)[C@H](O)C1. The molecule has 2 heterocycles. The predicted octanol–water partition coefficient (Wildman–Crippen LogP) is 3.18. The highest BCUT2D eigenvalue weighted by molar-refractivity contribution is 6.30. The number of hydrogen-bond acceptors (Lipinski definition) is 4. The van der Waals surface area contributed by atoms with Crippen molar-refractivity contribution in [1.82, 2.24) is 14.7 Å². The Hall–Kier alpha value is -2.83. The van der Waals surface area contributed by atoms with Crippen LogP contribution in [-0.2, 0) is 0 Å². The van der Waals surface area contributed by atoms with Crippen LogP contribution in [0.15, 0.2) is 67.0 Å². The largest absolute Gasteiger partial charge is 0.488 e. The van der Waals surface area contributed by atoms with Gasteiger partial charge in [-0.2, -0.15) is 5.10 Å². The Bertz CT molecular complexity index is 927. The summed E-state index contributed by atoms with van der Waals surface area (Å²) < 4.78 is 7.59. The molecule has 1 aliphatic rings. The monoisotopic (exact) mass is 397 g/mol. The third-order valence-corrected chi connectivity index (χ3v) is 5.04. The second-order valence-corrected chi connectivity index (χ2v) is 7.15. The second-order valence-electron chi connectivity index (χ2n) is 6.71. The summed E-state index contributed by atoms with van der Waals surface area (Å²) in [4.78, 5) is 14.4. The lowest BCUT2D eigenvalue weighted by Gasteiger charge is -2.36. The molecule has 1 amide bonds. The predicted molar refractivity (Wildman–Crippen MR) is 106 cm³/mol. The van der Waals surface area contributed by atoms with Crippen molar-refractivity contribution >= 4 is 17.5 Å². The number of β-amino-alcohol motifs (C(OH)–C–C–N with tert-alkyl or cyclic N) is 1. The summed E-state index contributed by atoms with van der Waals surface area (Å²) >= 11 is 5.88. The van der Waals surface area contributed by atoms with Gasteiger partial charge in [-0.3, -0.25) is 4.79 Å². The minimum atomic E-state index is -0.753. The van der Waals surface area contributed by atoms with Crippen LogP contribution in [0, 0.1) is 0 Å². The zero-order valence-corrected chi connectivity index (χ0v) is 15.9. The van der Waals surface area contributed by atoms with Crippen LogP contribution >= 0.6 is 11.6 Å². The van der Waals surface area contributed by atoms with Crippen molar-refractivity contribution in [3.63, 3.8) is 0 Å². The Labute approximate surface area is 167 Å². The van der Waals surface area contributed by atoms with Crippen LogP contribution in [0.1, 0.15) is 16.8 Å². The lowest BCUT2D eigenvalue weighted by molar-refractivity contribution is -0.0198. The van der Waals surface area contributed by atoms with Gasteiger partial charge in [-0.1, -0.05) is 11.6 Å². The van der Waals surface area contributed by atoms with E-state index in [0.29, 0.717) is 29.3 Å². The Morgan fingerprint density at radius 1 is 1.14 bits per heavy atom. The summed E-state index contributed by atoms with van der Waals surface area (Å²) in [5.74, 6) is 0.554. The molecular formula is C21H20ClN3O3. The van der Waals surface area contributed by atoms with Crippen LogP contribution in [0.3, 0.4) is 0 Å². The molecule has 144 valence electrons. The molecule has 1 saturated heterocycles. The van der Waals surface area contributed by atoms with Crippen molar-refractivity contribution < 1.29 is 14.6 Å². The zero-order chi connectivity index (χ0) is 19.5. The lowest BCUT2D eigenvalue weighted by atomic mass is 10.0. The number of benzene rings is 2. The average Bonchev–Trinajstić information content (AvgIpc) is 3.25. The van der Waals surface area contributed by atoms with Gasteiger partial charge < -0.3 is 14.7 Å². The summed E-state index contributed by atoms with van der Waals surface area (Å²) in [6.45, 7) is 0.757. The molecule has 1 aromatic heterocycles. The molecule has 4 rings (SSSR count). The van der Waals surface area contributed by atoms with Gasteiger partial charge in [0.15, 0.2) is 0 Å². The van der Waals surface area contributed by atoms with Gasteiger partial charge in [0.2, 0.25) is 0 Å². The molecule has 1 fully saturated rings. The molecule has 0 radical (unpaired) electrons.